The maximum Gasteiger partial charge on any atom is 0.259 e. The normalized spacial score (nSPS) is 12.6. The number of quaternary nitrogens is 1. The van der Waals surface area contributed by atoms with E-state index in [4.69, 9.17) is 0 Å². The van der Waals surface area contributed by atoms with Crippen molar-refractivity contribution in [3.8, 4) is 0 Å². The molecule has 0 unspecified atom stereocenters. The van der Waals surface area contributed by atoms with Gasteiger partial charge in [0.05, 0.1) is 16.8 Å². The quantitative estimate of drug-likeness (QED) is 0.599. The molecular formula is C19H20FN2O2S2+. The van der Waals surface area contributed by atoms with E-state index in [1.807, 2.05) is 18.2 Å². The van der Waals surface area contributed by atoms with Crippen molar-refractivity contribution in [3.63, 3.8) is 0 Å². The second-order valence-electron chi connectivity index (χ2n) is 5.87. The van der Waals surface area contributed by atoms with Crippen molar-refractivity contribution in [2.75, 3.05) is 6.54 Å². The van der Waals surface area contributed by atoms with E-state index < -0.39 is 15.0 Å². The number of halogens is 1. The highest BCUT2D eigenvalue weighted by molar-refractivity contribution is 7.96. The van der Waals surface area contributed by atoms with E-state index >= 15 is 0 Å². The highest BCUT2D eigenvalue weighted by Gasteiger charge is 2.24. The van der Waals surface area contributed by atoms with Crippen molar-refractivity contribution < 1.29 is 18.1 Å². The third kappa shape index (κ3) is 4.55. The standard InChI is InChI=1S/C19H19FN2O2S2/c20-18(12-6-7-13-21-14-15-8-2-1-3-9-15)26(23,24)19-22-16-10-4-5-11-17(16)25-19/h1-5,8-12,21H,6-7,13-14H2/p+1/b18-12-. The Bertz CT molecular complexity index is 966. The Kier molecular flexibility index (Phi) is 6.13. The summed E-state index contributed by atoms with van der Waals surface area (Å²) in [7, 11) is -4.14. The number of nitrogens with two attached hydrogens (primary N) is 1. The lowest BCUT2D eigenvalue weighted by Crippen LogP contribution is -2.82. The van der Waals surface area contributed by atoms with E-state index in [9.17, 15) is 12.8 Å². The second-order valence-corrected chi connectivity index (χ2v) is 8.94. The maximum atomic E-state index is 14.2. The maximum absolute atomic E-state index is 14.2. The van der Waals surface area contributed by atoms with Crippen molar-refractivity contribution >= 4 is 31.4 Å². The van der Waals surface area contributed by atoms with Gasteiger partial charge in [-0.2, -0.15) is 4.39 Å². The number of allylic oxidation sites excluding steroid dienone is 1. The van der Waals surface area contributed by atoms with Crippen LogP contribution in [0.5, 0.6) is 0 Å². The third-order valence-corrected chi connectivity index (χ3v) is 6.87. The number of sulfone groups is 1. The van der Waals surface area contributed by atoms with Crippen LogP contribution in [0.2, 0.25) is 0 Å². The van der Waals surface area contributed by atoms with Crippen LogP contribution in [0.3, 0.4) is 0 Å². The summed E-state index contributed by atoms with van der Waals surface area (Å²) >= 11 is 0.991. The Labute approximate surface area is 156 Å². The van der Waals surface area contributed by atoms with Crippen LogP contribution >= 0.6 is 11.3 Å². The van der Waals surface area contributed by atoms with E-state index in [1.165, 1.54) is 5.56 Å². The molecule has 0 spiro atoms. The Morgan fingerprint density at radius 1 is 1.12 bits per heavy atom. The van der Waals surface area contributed by atoms with Gasteiger partial charge in [-0.05, 0) is 24.6 Å². The van der Waals surface area contributed by atoms with Crippen molar-refractivity contribution in [1.29, 1.82) is 0 Å². The van der Waals surface area contributed by atoms with Crippen LogP contribution in [-0.4, -0.2) is 19.9 Å². The highest BCUT2D eigenvalue weighted by atomic mass is 32.2. The lowest BCUT2D eigenvalue weighted by atomic mass is 10.2. The van der Waals surface area contributed by atoms with E-state index in [2.05, 4.69) is 22.4 Å². The van der Waals surface area contributed by atoms with Gasteiger partial charge < -0.3 is 5.32 Å². The average Bonchev–Trinajstić information content (AvgIpc) is 3.10. The molecule has 3 rings (SSSR count). The molecule has 0 radical (unpaired) electrons. The fraction of sp³-hybridized carbons (Fsp3) is 0.211. The van der Waals surface area contributed by atoms with Crippen LogP contribution in [0.1, 0.15) is 18.4 Å². The number of thiazole rings is 1. The summed E-state index contributed by atoms with van der Waals surface area (Å²) in [4.78, 5) is 4.04. The molecule has 26 heavy (non-hydrogen) atoms. The molecule has 0 bridgehead atoms. The number of rotatable bonds is 8. The van der Waals surface area contributed by atoms with Gasteiger partial charge in [0.15, 0.2) is 0 Å². The van der Waals surface area contributed by atoms with Crippen LogP contribution in [0.25, 0.3) is 10.2 Å². The SMILES string of the molecule is O=S(=O)(/C(F)=C\CCC[NH2+]Cc1ccccc1)c1nc2ccccc2s1. The van der Waals surface area contributed by atoms with Gasteiger partial charge >= 0.3 is 0 Å². The molecular weight excluding hydrogens is 371 g/mol. The van der Waals surface area contributed by atoms with Crippen molar-refractivity contribution in [2.45, 2.75) is 23.7 Å². The van der Waals surface area contributed by atoms with Gasteiger partial charge in [-0.3, -0.25) is 0 Å². The summed E-state index contributed by atoms with van der Waals surface area (Å²) in [6.45, 7) is 1.66. The van der Waals surface area contributed by atoms with Crippen molar-refractivity contribution in [2.24, 2.45) is 0 Å². The Balaban J connectivity index is 1.53. The first-order valence-corrected chi connectivity index (χ1v) is 10.7. The molecule has 0 aliphatic carbocycles. The fourth-order valence-electron chi connectivity index (χ4n) is 2.52. The zero-order valence-corrected chi connectivity index (χ0v) is 15.8. The average molecular weight is 392 g/mol. The molecule has 0 amide bonds. The summed E-state index contributed by atoms with van der Waals surface area (Å²) in [5, 5.41) is 1.02. The number of nitrogens with zero attached hydrogens (tertiary/aromatic N) is 1. The first-order valence-electron chi connectivity index (χ1n) is 8.39. The molecule has 4 nitrogen and oxygen atoms in total. The fourth-order valence-corrected chi connectivity index (χ4v) is 4.89. The van der Waals surface area contributed by atoms with E-state index in [0.29, 0.717) is 18.4 Å². The lowest BCUT2D eigenvalue weighted by molar-refractivity contribution is -0.670. The lowest BCUT2D eigenvalue weighted by Gasteiger charge is -2.01. The molecule has 0 fully saturated rings. The molecule has 0 aliphatic heterocycles. The topological polar surface area (TPSA) is 63.6 Å². The zero-order chi connectivity index (χ0) is 18.4. The minimum absolute atomic E-state index is 0.192. The number of hydrogen-bond acceptors (Lipinski definition) is 4. The number of unbranched alkanes of at least 4 members (excludes halogenated alkanes) is 1. The summed E-state index contributed by atoms with van der Waals surface area (Å²) in [5.74, 6) is 0. The summed E-state index contributed by atoms with van der Waals surface area (Å²) in [6, 6.07) is 17.1. The van der Waals surface area contributed by atoms with Gasteiger partial charge in [0, 0.05) is 12.0 Å². The van der Waals surface area contributed by atoms with E-state index in [-0.39, 0.29) is 4.34 Å². The van der Waals surface area contributed by atoms with Crippen molar-refractivity contribution in [1.82, 2.24) is 4.98 Å². The largest absolute Gasteiger partial charge is 0.342 e. The molecule has 1 aromatic heterocycles. The molecule has 7 heteroatoms. The minimum Gasteiger partial charge on any atom is -0.342 e. The Hall–Kier alpha value is -2.09. The molecule has 0 atom stereocenters. The molecule has 0 saturated heterocycles. The van der Waals surface area contributed by atoms with E-state index in [1.54, 1.807) is 24.3 Å². The molecule has 3 aromatic rings. The van der Waals surface area contributed by atoms with Gasteiger partial charge in [0.1, 0.15) is 6.54 Å². The predicted molar refractivity (Wildman–Crippen MR) is 102 cm³/mol. The molecule has 2 N–H and O–H groups in total. The highest BCUT2D eigenvalue weighted by Crippen LogP contribution is 2.29. The Morgan fingerprint density at radius 2 is 1.85 bits per heavy atom. The minimum atomic E-state index is -4.14. The molecule has 136 valence electrons. The smallest absolute Gasteiger partial charge is 0.259 e. The van der Waals surface area contributed by atoms with Gasteiger partial charge in [-0.25, -0.2) is 13.4 Å². The first kappa shape index (κ1) is 18.7. The van der Waals surface area contributed by atoms with E-state index in [0.717, 1.165) is 35.2 Å². The summed E-state index contributed by atoms with van der Waals surface area (Å²) < 4.78 is 39.3. The van der Waals surface area contributed by atoms with Crippen LogP contribution in [0.15, 0.2) is 70.2 Å². The Morgan fingerprint density at radius 3 is 2.62 bits per heavy atom. The predicted octanol–water partition coefficient (Wildman–Crippen LogP) is 3.42. The van der Waals surface area contributed by atoms with Crippen LogP contribution in [-0.2, 0) is 16.4 Å². The van der Waals surface area contributed by atoms with Crippen LogP contribution in [0, 0.1) is 0 Å². The number of benzene rings is 2. The molecule has 0 aliphatic rings. The van der Waals surface area contributed by atoms with Gasteiger partial charge in [0.25, 0.3) is 9.84 Å². The monoisotopic (exact) mass is 391 g/mol. The zero-order valence-electron chi connectivity index (χ0n) is 14.1. The summed E-state index contributed by atoms with van der Waals surface area (Å²) in [5.41, 5.74) is 1.80. The molecule has 2 aromatic carbocycles. The molecule has 0 saturated carbocycles. The van der Waals surface area contributed by atoms with Crippen LogP contribution < -0.4 is 5.32 Å². The van der Waals surface area contributed by atoms with Gasteiger partial charge in [-0.1, -0.05) is 42.5 Å². The number of hydrogen-bond donors (Lipinski definition) is 1. The van der Waals surface area contributed by atoms with Gasteiger partial charge in [0.2, 0.25) is 9.50 Å². The molecule has 1 heterocycles. The number of para-hydroxylation sites is 1. The number of aromatic nitrogens is 1. The van der Waals surface area contributed by atoms with Crippen molar-refractivity contribution in [3.05, 3.63) is 71.4 Å². The number of fused-ring (bicyclic) bond motifs is 1. The van der Waals surface area contributed by atoms with Crippen LogP contribution in [0.4, 0.5) is 4.39 Å². The first-order chi connectivity index (χ1) is 12.6. The summed E-state index contributed by atoms with van der Waals surface area (Å²) in [6.07, 6.45) is 2.23. The second kappa shape index (κ2) is 8.53. The third-order valence-electron chi connectivity index (χ3n) is 3.90. The van der Waals surface area contributed by atoms with Gasteiger partial charge in [-0.15, -0.1) is 11.3 Å².